The molecule has 0 spiro atoms. The summed E-state index contributed by atoms with van der Waals surface area (Å²) >= 11 is 4.69. The number of aryl methyl sites for hydroxylation is 1. The molecule has 0 fully saturated rings. The van der Waals surface area contributed by atoms with Gasteiger partial charge in [0.05, 0.1) is 17.5 Å². The summed E-state index contributed by atoms with van der Waals surface area (Å²) in [5.41, 5.74) is 1.01. The normalized spacial score (nSPS) is 10.6. The zero-order valence-electron chi connectivity index (χ0n) is 12.9. The number of hydrogen-bond acceptors (Lipinski definition) is 6. The van der Waals surface area contributed by atoms with E-state index in [2.05, 4.69) is 36.2 Å². The Morgan fingerprint density at radius 1 is 1.29 bits per heavy atom. The van der Waals surface area contributed by atoms with Crippen LogP contribution in [0.2, 0.25) is 0 Å². The first-order valence-electron chi connectivity index (χ1n) is 6.98. The van der Waals surface area contributed by atoms with E-state index in [4.69, 9.17) is 4.42 Å². The van der Waals surface area contributed by atoms with Gasteiger partial charge in [-0.2, -0.15) is 0 Å². The van der Waals surface area contributed by atoms with Crippen molar-refractivity contribution in [2.45, 2.75) is 11.9 Å². The maximum absolute atomic E-state index is 12.6. The molecular weight excluding hydrogens is 392 g/mol. The lowest BCUT2D eigenvalue weighted by molar-refractivity contribution is 0.102. The summed E-state index contributed by atoms with van der Waals surface area (Å²) in [7, 11) is 0. The second kappa shape index (κ2) is 7.14. The van der Waals surface area contributed by atoms with E-state index in [0.717, 1.165) is 4.47 Å². The third-order valence-electron chi connectivity index (χ3n) is 3.19. The Hall–Kier alpha value is -2.19. The van der Waals surface area contributed by atoms with E-state index in [9.17, 15) is 4.79 Å². The van der Waals surface area contributed by atoms with Crippen molar-refractivity contribution in [3.05, 3.63) is 52.5 Å². The van der Waals surface area contributed by atoms with E-state index in [-0.39, 0.29) is 5.91 Å². The Labute approximate surface area is 151 Å². The van der Waals surface area contributed by atoms with Gasteiger partial charge < -0.3 is 9.73 Å². The molecular formula is C16H13BrN4O2S. The number of pyridine rings is 1. The van der Waals surface area contributed by atoms with Crippen LogP contribution in [0.5, 0.6) is 0 Å². The van der Waals surface area contributed by atoms with Gasteiger partial charge in [-0.05, 0) is 53.4 Å². The summed E-state index contributed by atoms with van der Waals surface area (Å²) in [6.45, 7) is 1.78. The summed E-state index contributed by atoms with van der Waals surface area (Å²) in [5.74, 6) is 1.19. The van der Waals surface area contributed by atoms with Crippen molar-refractivity contribution in [3.8, 4) is 11.6 Å². The molecule has 3 rings (SSSR count). The number of carbonyl (C=O) groups excluding carboxylic acids is 1. The molecule has 3 aromatic heterocycles. The molecule has 0 unspecified atom stereocenters. The fourth-order valence-electron chi connectivity index (χ4n) is 2.10. The number of hydrogen-bond donors (Lipinski definition) is 1. The summed E-state index contributed by atoms with van der Waals surface area (Å²) in [6.07, 6.45) is 5.05. The SMILES string of the molecule is CSc1nc(-c2ccco2)nc(C)c1C(=O)Nc1ccc(Br)cn1. The molecule has 3 aromatic rings. The molecule has 0 radical (unpaired) electrons. The third kappa shape index (κ3) is 3.49. The predicted octanol–water partition coefficient (Wildman–Crippen LogP) is 4.18. The van der Waals surface area contributed by atoms with Gasteiger partial charge in [-0.3, -0.25) is 4.79 Å². The van der Waals surface area contributed by atoms with Gasteiger partial charge in [0.2, 0.25) is 0 Å². The third-order valence-corrected chi connectivity index (χ3v) is 4.34. The van der Waals surface area contributed by atoms with E-state index >= 15 is 0 Å². The molecule has 0 atom stereocenters. The maximum atomic E-state index is 12.6. The van der Waals surface area contributed by atoms with E-state index in [0.29, 0.717) is 33.7 Å². The topological polar surface area (TPSA) is 80.9 Å². The number of amides is 1. The summed E-state index contributed by atoms with van der Waals surface area (Å²) in [6, 6.07) is 7.08. The van der Waals surface area contributed by atoms with Crippen LogP contribution >= 0.6 is 27.7 Å². The highest BCUT2D eigenvalue weighted by Gasteiger charge is 2.20. The van der Waals surface area contributed by atoms with Crippen molar-refractivity contribution >= 4 is 39.4 Å². The molecule has 0 bridgehead atoms. The molecule has 122 valence electrons. The average Bonchev–Trinajstić information content (AvgIpc) is 3.10. The first kappa shape index (κ1) is 16.7. The second-order valence-corrected chi connectivity index (χ2v) is 6.52. The van der Waals surface area contributed by atoms with Crippen molar-refractivity contribution in [3.63, 3.8) is 0 Å². The first-order chi connectivity index (χ1) is 11.6. The number of carbonyl (C=O) groups is 1. The molecule has 24 heavy (non-hydrogen) atoms. The summed E-state index contributed by atoms with van der Waals surface area (Å²) in [5, 5.41) is 3.35. The van der Waals surface area contributed by atoms with Gasteiger partial charge in [-0.15, -0.1) is 11.8 Å². The van der Waals surface area contributed by atoms with Crippen LogP contribution in [0.4, 0.5) is 5.82 Å². The van der Waals surface area contributed by atoms with Crippen LogP contribution < -0.4 is 5.32 Å². The first-order valence-corrected chi connectivity index (χ1v) is 8.99. The number of nitrogens with one attached hydrogen (secondary N) is 1. The van der Waals surface area contributed by atoms with Crippen molar-refractivity contribution < 1.29 is 9.21 Å². The fourth-order valence-corrected chi connectivity index (χ4v) is 2.96. The Morgan fingerprint density at radius 3 is 2.75 bits per heavy atom. The van der Waals surface area contributed by atoms with Crippen molar-refractivity contribution in [2.24, 2.45) is 0 Å². The van der Waals surface area contributed by atoms with Crippen LogP contribution in [0, 0.1) is 6.92 Å². The smallest absolute Gasteiger partial charge is 0.261 e. The molecule has 0 aliphatic heterocycles. The summed E-state index contributed by atoms with van der Waals surface area (Å²) < 4.78 is 6.17. The van der Waals surface area contributed by atoms with E-state index < -0.39 is 0 Å². The quantitative estimate of drug-likeness (QED) is 0.518. The van der Waals surface area contributed by atoms with Gasteiger partial charge in [-0.25, -0.2) is 15.0 Å². The van der Waals surface area contributed by atoms with Crippen LogP contribution in [-0.2, 0) is 0 Å². The zero-order chi connectivity index (χ0) is 17.1. The van der Waals surface area contributed by atoms with E-state index in [1.165, 1.54) is 11.8 Å². The molecule has 0 aromatic carbocycles. The Bertz CT molecular complexity index is 867. The number of thioether (sulfide) groups is 1. The molecule has 1 amide bonds. The molecule has 0 saturated heterocycles. The maximum Gasteiger partial charge on any atom is 0.261 e. The Kier molecular flexibility index (Phi) is 4.96. The van der Waals surface area contributed by atoms with E-state index in [1.54, 1.807) is 37.6 Å². The van der Waals surface area contributed by atoms with Crippen molar-refractivity contribution in [1.82, 2.24) is 15.0 Å². The van der Waals surface area contributed by atoms with E-state index in [1.807, 2.05) is 12.3 Å². The molecule has 0 aliphatic rings. The van der Waals surface area contributed by atoms with Crippen molar-refractivity contribution in [1.29, 1.82) is 0 Å². The van der Waals surface area contributed by atoms with Gasteiger partial charge >= 0.3 is 0 Å². The Morgan fingerprint density at radius 2 is 2.12 bits per heavy atom. The van der Waals surface area contributed by atoms with Gasteiger partial charge in [0.25, 0.3) is 5.91 Å². The number of nitrogens with zero attached hydrogens (tertiary/aromatic N) is 3. The van der Waals surface area contributed by atoms with Crippen LogP contribution in [0.1, 0.15) is 16.1 Å². The number of halogens is 1. The molecule has 6 nitrogen and oxygen atoms in total. The van der Waals surface area contributed by atoms with Crippen LogP contribution in [-0.4, -0.2) is 27.1 Å². The van der Waals surface area contributed by atoms with Gasteiger partial charge in [0, 0.05) is 10.7 Å². The number of rotatable bonds is 4. The summed E-state index contributed by atoms with van der Waals surface area (Å²) in [4.78, 5) is 25.6. The van der Waals surface area contributed by atoms with Gasteiger partial charge in [0.15, 0.2) is 11.6 Å². The lowest BCUT2D eigenvalue weighted by Crippen LogP contribution is -2.17. The lowest BCUT2D eigenvalue weighted by atomic mass is 10.2. The largest absolute Gasteiger partial charge is 0.461 e. The van der Waals surface area contributed by atoms with Crippen molar-refractivity contribution in [2.75, 3.05) is 11.6 Å². The zero-order valence-corrected chi connectivity index (χ0v) is 15.3. The molecule has 0 aliphatic carbocycles. The number of anilines is 1. The molecule has 3 heterocycles. The van der Waals surface area contributed by atoms with Gasteiger partial charge in [0.1, 0.15) is 10.8 Å². The lowest BCUT2D eigenvalue weighted by Gasteiger charge is -2.11. The van der Waals surface area contributed by atoms with Crippen LogP contribution in [0.25, 0.3) is 11.6 Å². The number of furan rings is 1. The minimum Gasteiger partial charge on any atom is -0.461 e. The second-order valence-electron chi connectivity index (χ2n) is 4.81. The highest BCUT2D eigenvalue weighted by molar-refractivity contribution is 9.10. The van der Waals surface area contributed by atoms with Crippen LogP contribution in [0.3, 0.4) is 0 Å². The highest BCUT2D eigenvalue weighted by atomic mass is 79.9. The van der Waals surface area contributed by atoms with Gasteiger partial charge in [-0.1, -0.05) is 0 Å². The standard InChI is InChI=1S/C16H13BrN4O2S/c1-9-13(15(22)20-12-6-5-10(17)8-18-12)16(24-2)21-14(19-9)11-4-3-7-23-11/h3-8H,1-2H3,(H,18,20,22). The van der Waals surface area contributed by atoms with Crippen LogP contribution in [0.15, 0.2) is 50.6 Å². The minimum atomic E-state index is -0.294. The number of aromatic nitrogens is 3. The molecule has 8 heteroatoms. The molecule has 1 N–H and O–H groups in total. The molecule has 0 saturated carbocycles. The predicted molar refractivity (Wildman–Crippen MR) is 96.1 cm³/mol. The monoisotopic (exact) mass is 404 g/mol. The Balaban J connectivity index is 1.94. The highest BCUT2D eigenvalue weighted by Crippen LogP contribution is 2.25. The fraction of sp³-hybridized carbons (Fsp3) is 0.125. The minimum absolute atomic E-state index is 0.294. The average molecular weight is 405 g/mol.